The van der Waals surface area contributed by atoms with Crippen LogP contribution >= 0.6 is 0 Å². The van der Waals surface area contributed by atoms with Crippen molar-refractivity contribution in [2.24, 2.45) is 0 Å². The number of para-hydroxylation sites is 1. The number of aromatic amines is 1. The average molecular weight is 551 g/mol. The summed E-state index contributed by atoms with van der Waals surface area (Å²) in [7, 11) is 1.50. The molecule has 0 unspecified atom stereocenters. The van der Waals surface area contributed by atoms with Gasteiger partial charge in [-0.05, 0) is 37.1 Å². The lowest BCUT2D eigenvalue weighted by molar-refractivity contribution is -0.119. The Morgan fingerprint density at radius 1 is 1.10 bits per heavy atom. The van der Waals surface area contributed by atoms with E-state index in [-0.39, 0.29) is 40.7 Å². The highest BCUT2D eigenvalue weighted by molar-refractivity contribution is 6.19. The summed E-state index contributed by atoms with van der Waals surface area (Å²) in [6, 6.07) is 9.43. The molecular weight excluding hydrogens is 522 g/mol. The summed E-state index contributed by atoms with van der Waals surface area (Å²) in [4.78, 5) is 32.1. The van der Waals surface area contributed by atoms with E-state index in [1.807, 2.05) is 0 Å². The molecular formula is C29H28F2N4O5. The second-order valence-electron chi connectivity index (χ2n) is 9.44. The van der Waals surface area contributed by atoms with Crippen LogP contribution in [0.5, 0.6) is 17.2 Å². The maximum Gasteiger partial charge on any atom is 0.216 e. The number of rotatable bonds is 9. The minimum absolute atomic E-state index is 0.0536. The molecule has 9 nitrogen and oxygen atoms in total. The number of hydrogen-bond acceptors (Lipinski definition) is 7. The van der Waals surface area contributed by atoms with Crippen LogP contribution < -0.4 is 20.1 Å². The molecule has 0 saturated carbocycles. The van der Waals surface area contributed by atoms with E-state index in [4.69, 9.17) is 14.2 Å². The standard InChI is InChI=1S/C29H28F2N4O5/c1-16(36)32-12-19-8-7-17(15-39-19)35-27-25(38-2)14-34-29-26(27)21(13-33-29)28(37)20-10-9-18(11-23(20)31)40-24-6-4-3-5-22(24)30/h3-6,9-11,13-14,17,19H,7-8,12,15H2,1-2H3,(H,32,36)(H2,33,34,35)/t17-,19+/m1/s1. The van der Waals surface area contributed by atoms with E-state index < -0.39 is 17.4 Å². The molecule has 0 spiro atoms. The summed E-state index contributed by atoms with van der Waals surface area (Å²) in [6.07, 6.45) is 4.41. The largest absolute Gasteiger partial charge is 0.493 e. The predicted octanol–water partition coefficient (Wildman–Crippen LogP) is 4.97. The third kappa shape index (κ3) is 5.74. The van der Waals surface area contributed by atoms with Gasteiger partial charge in [-0.15, -0.1) is 0 Å². The van der Waals surface area contributed by atoms with Crippen molar-refractivity contribution in [2.45, 2.75) is 31.9 Å². The maximum absolute atomic E-state index is 15.2. The Bertz CT molecular complexity index is 1550. The van der Waals surface area contributed by atoms with Gasteiger partial charge in [-0.3, -0.25) is 9.59 Å². The number of ketones is 1. The molecule has 3 heterocycles. The van der Waals surface area contributed by atoms with Crippen LogP contribution in [0.25, 0.3) is 11.0 Å². The molecule has 1 amide bonds. The third-order valence-corrected chi connectivity index (χ3v) is 6.68. The molecule has 208 valence electrons. The topological polar surface area (TPSA) is 115 Å². The van der Waals surface area contributed by atoms with E-state index in [9.17, 15) is 14.0 Å². The third-order valence-electron chi connectivity index (χ3n) is 6.68. The highest BCUT2D eigenvalue weighted by Gasteiger charge is 2.27. The first-order valence-corrected chi connectivity index (χ1v) is 12.8. The van der Waals surface area contributed by atoms with E-state index in [1.165, 1.54) is 56.8 Å². The van der Waals surface area contributed by atoms with Crippen molar-refractivity contribution in [2.75, 3.05) is 25.6 Å². The lowest BCUT2D eigenvalue weighted by Crippen LogP contribution is -2.40. The molecule has 0 radical (unpaired) electrons. The Labute approximate surface area is 228 Å². The highest BCUT2D eigenvalue weighted by Crippen LogP contribution is 2.37. The molecule has 40 heavy (non-hydrogen) atoms. The number of nitrogens with one attached hydrogen (secondary N) is 3. The molecule has 2 atom stereocenters. The number of methoxy groups -OCH3 is 1. The van der Waals surface area contributed by atoms with Gasteiger partial charge in [-0.1, -0.05) is 12.1 Å². The van der Waals surface area contributed by atoms with Gasteiger partial charge in [-0.2, -0.15) is 0 Å². The van der Waals surface area contributed by atoms with Gasteiger partial charge in [0.25, 0.3) is 0 Å². The average Bonchev–Trinajstić information content (AvgIpc) is 3.38. The van der Waals surface area contributed by atoms with Gasteiger partial charge in [-0.25, -0.2) is 13.8 Å². The highest BCUT2D eigenvalue weighted by atomic mass is 19.1. The van der Waals surface area contributed by atoms with Gasteiger partial charge in [0.15, 0.2) is 23.1 Å². The van der Waals surface area contributed by atoms with E-state index in [0.29, 0.717) is 35.6 Å². The molecule has 1 fully saturated rings. The monoisotopic (exact) mass is 550 g/mol. The fourth-order valence-electron chi connectivity index (χ4n) is 4.64. The molecule has 0 aliphatic carbocycles. The van der Waals surface area contributed by atoms with Gasteiger partial charge < -0.3 is 29.8 Å². The van der Waals surface area contributed by atoms with E-state index in [1.54, 1.807) is 6.07 Å². The van der Waals surface area contributed by atoms with Crippen molar-refractivity contribution < 1.29 is 32.6 Å². The van der Waals surface area contributed by atoms with Crippen molar-refractivity contribution in [3.05, 3.63) is 77.6 Å². The van der Waals surface area contributed by atoms with Crippen LogP contribution in [-0.2, 0) is 9.53 Å². The first-order chi connectivity index (χ1) is 19.3. The van der Waals surface area contributed by atoms with Gasteiger partial charge in [0.2, 0.25) is 5.91 Å². The van der Waals surface area contributed by atoms with Crippen LogP contribution in [0.3, 0.4) is 0 Å². The Hall–Kier alpha value is -4.51. The molecule has 2 aromatic carbocycles. The summed E-state index contributed by atoms with van der Waals surface area (Å²) in [5.41, 5.74) is 0.973. The predicted molar refractivity (Wildman–Crippen MR) is 144 cm³/mol. The molecule has 5 rings (SSSR count). The number of nitrogens with zero attached hydrogens (tertiary/aromatic N) is 1. The van der Waals surface area contributed by atoms with E-state index in [2.05, 4.69) is 20.6 Å². The normalized spacial score (nSPS) is 16.9. The summed E-state index contributed by atoms with van der Waals surface area (Å²) < 4.78 is 46.0. The molecule has 1 saturated heterocycles. The van der Waals surface area contributed by atoms with Crippen molar-refractivity contribution in [1.82, 2.24) is 15.3 Å². The first kappa shape index (κ1) is 27.1. The molecule has 1 aliphatic heterocycles. The SMILES string of the molecule is COc1cnc2[nH]cc(C(=O)c3ccc(Oc4ccccc4F)cc3F)c2c1N[C@@H]1CC[C@@H](CNC(C)=O)OC1. The number of aromatic nitrogens is 2. The van der Waals surface area contributed by atoms with E-state index in [0.717, 1.165) is 18.9 Å². The Morgan fingerprint density at radius 3 is 2.62 bits per heavy atom. The molecule has 2 aromatic heterocycles. The van der Waals surface area contributed by atoms with Crippen molar-refractivity contribution in [3.63, 3.8) is 0 Å². The summed E-state index contributed by atoms with van der Waals surface area (Å²) in [6.45, 7) is 2.28. The number of carbonyl (C=O) groups is 2. The summed E-state index contributed by atoms with van der Waals surface area (Å²) >= 11 is 0. The van der Waals surface area contributed by atoms with Crippen LogP contribution in [-0.4, -0.2) is 54.1 Å². The Kier molecular flexibility index (Phi) is 7.92. The number of pyridine rings is 1. The number of hydrogen-bond donors (Lipinski definition) is 3. The number of amides is 1. The fourth-order valence-corrected chi connectivity index (χ4v) is 4.64. The summed E-state index contributed by atoms with van der Waals surface area (Å²) in [5, 5.41) is 6.64. The van der Waals surface area contributed by atoms with Crippen LogP contribution in [0.15, 0.2) is 54.9 Å². The lowest BCUT2D eigenvalue weighted by atomic mass is 10.0. The van der Waals surface area contributed by atoms with Crippen LogP contribution in [0.4, 0.5) is 14.5 Å². The van der Waals surface area contributed by atoms with Gasteiger partial charge in [0, 0.05) is 31.8 Å². The molecule has 3 N–H and O–H groups in total. The zero-order chi connectivity index (χ0) is 28.2. The summed E-state index contributed by atoms with van der Waals surface area (Å²) in [5.74, 6) is -1.68. The lowest BCUT2D eigenvalue weighted by Gasteiger charge is -2.30. The zero-order valence-corrected chi connectivity index (χ0v) is 21.9. The smallest absolute Gasteiger partial charge is 0.216 e. The number of halogens is 2. The van der Waals surface area contributed by atoms with Gasteiger partial charge in [0.05, 0.1) is 48.2 Å². The molecule has 11 heteroatoms. The maximum atomic E-state index is 15.2. The molecule has 4 aromatic rings. The van der Waals surface area contributed by atoms with Gasteiger partial charge in [0.1, 0.15) is 17.2 Å². The second-order valence-corrected chi connectivity index (χ2v) is 9.44. The second kappa shape index (κ2) is 11.7. The number of ether oxygens (including phenoxy) is 3. The Morgan fingerprint density at radius 2 is 1.93 bits per heavy atom. The number of carbonyl (C=O) groups excluding carboxylic acids is 2. The molecule has 1 aliphatic rings. The number of H-pyrrole nitrogens is 1. The van der Waals surface area contributed by atoms with Crippen LogP contribution in [0, 0.1) is 11.6 Å². The number of fused-ring (bicyclic) bond motifs is 1. The van der Waals surface area contributed by atoms with Crippen LogP contribution in [0.1, 0.15) is 35.7 Å². The first-order valence-electron chi connectivity index (χ1n) is 12.8. The van der Waals surface area contributed by atoms with Crippen molar-refractivity contribution in [3.8, 4) is 17.2 Å². The quantitative estimate of drug-likeness (QED) is 0.252. The van der Waals surface area contributed by atoms with Crippen molar-refractivity contribution in [1.29, 1.82) is 0 Å². The fraction of sp³-hybridized carbons (Fsp3) is 0.276. The number of benzene rings is 2. The Balaban J connectivity index is 1.39. The minimum atomic E-state index is -0.815. The number of anilines is 1. The minimum Gasteiger partial charge on any atom is -0.493 e. The molecule has 0 bridgehead atoms. The van der Waals surface area contributed by atoms with Gasteiger partial charge >= 0.3 is 0 Å². The van der Waals surface area contributed by atoms with Crippen LogP contribution in [0.2, 0.25) is 0 Å². The van der Waals surface area contributed by atoms with E-state index >= 15 is 4.39 Å². The van der Waals surface area contributed by atoms with Crippen molar-refractivity contribution >= 4 is 28.4 Å². The zero-order valence-electron chi connectivity index (χ0n) is 21.9.